The lowest BCUT2D eigenvalue weighted by Crippen LogP contribution is -2.19. The van der Waals surface area contributed by atoms with Gasteiger partial charge in [-0.05, 0) is 37.1 Å². The first kappa shape index (κ1) is 14.5. The van der Waals surface area contributed by atoms with Gasteiger partial charge in [-0.1, -0.05) is 6.42 Å². The summed E-state index contributed by atoms with van der Waals surface area (Å²) in [5.74, 6) is 3.14. The number of imidazole rings is 1. The maximum atomic E-state index is 5.55. The molecule has 2 atom stereocenters. The van der Waals surface area contributed by atoms with E-state index in [1.54, 1.807) is 0 Å². The Morgan fingerprint density at radius 1 is 1.32 bits per heavy atom. The lowest BCUT2D eigenvalue weighted by Gasteiger charge is -2.21. The molecule has 0 bridgehead atoms. The molecule has 2 aliphatic heterocycles. The second-order valence-corrected chi connectivity index (χ2v) is 7.82. The second-order valence-electron chi connectivity index (χ2n) is 6.41. The molecule has 2 fully saturated rings. The summed E-state index contributed by atoms with van der Waals surface area (Å²) < 4.78 is 7.91. The molecule has 0 spiro atoms. The number of thioether (sulfide) groups is 1. The van der Waals surface area contributed by atoms with Gasteiger partial charge in [0.15, 0.2) is 5.65 Å². The number of pyridine rings is 1. The van der Waals surface area contributed by atoms with Crippen LogP contribution in [0, 0.1) is 5.92 Å². The molecule has 4 nitrogen and oxygen atoms in total. The molecule has 0 radical (unpaired) electrons. The minimum atomic E-state index is 0.608. The maximum Gasteiger partial charge on any atom is 0.159 e. The van der Waals surface area contributed by atoms with Crippen LogP contribution in [0.3, 0.4) is 0 Å². The largest absolute Gasteiger partial charge is 0.381 e. The van der Waals surface area contributed by atoms with Crippen LogP contribution < -0.4 is 0 Å². The minimum Gasteiger partial charge on any atom is -0.381 e. The van der Waals surface area contributed by atoms with E-state index in [1.165, 1.54) is 30.8 Å². The Morgan fingerprint density at radius 2 is 2.32 bits per heavy atom. The lowest BCUT2D eigenvalue weighted by molar-refractivity contribution is 0.182. The molecule has 2 aliphatic rings. The highest BCUT2D eigenvalue weighted by Gasteiger charge is 2.23. The van der Waals surface area contributed by atoms with E-state index in [0.29, 0.717) is 5.92 Å². The highest BCUT2D eigenvalue weighted by atomic mass is 32.2. The van der Waals surface area contributed by atoms with Crippen molar-refractivity contribution in [3.63, 3.8) is 0 Å². The molecular weight excluding hydrogens is 294 g/mol. The summed E-state index contributed by atoms with van der Waals surface area (Å²) in [6, 6.07) is 4.07. The first-order chi connectivity index (χ1) is 10.9. The van der Waals surface area contributed by atoms with Crippen molar-refractivity contribution in [3.05, 3.63) is 24.2 Å². The Morgan fingerprint density at radius 3 is 3.14 bits per heavy atom. The summed E-state index contributed by atoms with van der Waals surface area (Å²) in [5.41, 5.74) is 2.09. The number of rotatable bonds is 4. The predicted octanol–water partition coefficient (Wildman–Crippen LogP) is 3.30. The maximum absolute atomic E-state index is 5.55. The highest BCUT2D eigenvalue weighted by molar-refractivity contribution is 7.99. The van der Waals surface area contributed by atoms with Crippen molar-refractivity contribution >= 4 is 22.9 Å². The van der Waals surface area contributed by atoms with Crippen molar-refractivity contribution < 1.29 is 4.74 Å². The number of nitrogens with zero attached hydrogens (tertiary/aromatic N) is 3. The van der Waals surface area contributed by atoms with Gasteiger partial charge in [-0.15, -0.1) is 0 Å². The van der Waals surface area contributed by atoms with Crippen molar-refractivity contribution in [2.75, 3.05) is 19.0 Å². The predicted molar refractivity (Wildman–Crippen MR) is 90.3 cm³/mol. The smallest absolute Gasteiger partial charge is 0.159 e. The number of hydrogen-bond donors (Lipinski definition) is 0. The van der Waals surface area contributed by atoms with E-state index < -0.39 is 0 Å². The number of hydrogen-bond acceptors (Lipinski definition) is 4. The summed E-state index contributed by atoms with van der Waals surface area (Å²) in [6.07, 6.45) is 8.18. The Kier molecular flexibility index (Phi) is 4.35. The van der Waals surface area contributed by atoms with Gasteiger partial charge in [-0.2, -0.15) is 11.8 Å². The molecule has 2 aromatic heterocycles. The minimum absolute atomic E-state index is 0.608. The van der Waals surface area contributed by atoms with Crippen molar-refractivity contribution in [1.82, 2.24) is 14.5 Å². The molecule has 0 saturated carbocycles. The van der Waals surface area contributed by atoms with E-state index in [2.05, 4.69) is 27.4 Å². The second kappa shape index (κ2) is 6.59. The van der Waals surface area contributed by atoms with Gasteiger partial charge in [0.25, 0.3) is 0 Å². The third kappa shape index (κ3) is 3.01. The first-order valence-electron chi connectivity index (χ1n) is 8.39. The number of ether oxygens (including phenoxy) is 1. The van der Waals surface area contributed by atoms with Gasteiger partial charge in [-0.3, -0.25) is 0 Å². The van der Waals surface area contributed by atoms with Crippen molar-refractivity contribution in [3.8, 4) is 0 Å². The summed E-state index contributed by atoms with van der Waals surface area (Å²) in [4.78, 5) is 9.48. The van der Waals surface area contributed by atoms with E-state index in [1.807, 2.05) is 12.3 Å². The molecule has 2 aromatic rings. The third-order valence-corrected chi connectivity index (χ3v) is 6.13. The number of fused-ring (bicyclic) bond motifs is 1. The molecule has 0 aromatic carbocycles. The van der Waals surface area contributed by atoms with E-state index in [0.717, 1.165) is 49.0 Å². The topological polar surface area (TPSA) is 39.9 Å². The summed E-state index contributed by atoms with van der Waals surface area (Å²) in [5, 5.41) is 0.726. The van der Waals surface area contributed by atoms with Crippen LogP contribution in [0.2, 0.25) is 0 Å². The van der Waals surface area contributed by atoms with Crippen LogP contribution in [0.15, 0.2) is 18.3 Å². The lowest BCUT2D eigenvalue weighted by atomic mass is 10.1. The molecular formula is C17H23N3OS. The van der Waals surface area contributed by atoms with Gasteiger partial charge in [0.1, 0.15) is 11.3 Å². The molecule has 0 amide bonds. The van der Waals surface area contributed by atoms with Crippen LogP contribution in [0.4, 0.5) is 0 Å². The quantitative estimate of drug-likeness (QED) is 0.867. The summed E-state index contributed by atoms with van der Waals surface area (Å²) >= 11 is 2.12. The molecule has 118 valence electrons. The van der Waals surface area contributed by atoms with Crippen LogP contribution in [0.1, 0.15) is 31.5 Å². The van der Waals surface area contributed by atoms with Gasteiger partial charge < -0.3 is 9.30 Å². The average molecular weight is 317 g/mol. The Bertz CT molecular complexity index is 630. The zero-order valence-corrected chi connectivity index (χ0v) is 13.7. The normalized spacial score (nSPS) is 25.8. The van der Waals surface area contributed by atoms with Gasteiger partial charge in [-0.25, -0.2) is 9.97 Å². The summed E-state index contributed by atoms with van der Waals surface area (Å²) in [6.45, 7) is 2.78. The monoisotopic (exact) mass is 317 g/mol. The van der Waals surface area contributed by atoms with Crippen molar-refractivity contribution in [2.45, 2.75) is 43.9 Å². The zero-order valence-electron chi connectivity index (χ0n) is 12.9. The Balaban J connectivity index is 1.62. The van der Waals surface area contributed by atoms with E-state index in [-0.39, 0.29) is 0 Å². The van der Waals surface area contributed by atoms with Crippen LogP contribution in [-0.2, 0) is 17.7 Å². The van der Waals surface area contributed by atoms with Crippen LogP contribution in [0.5, 0.6) is 0 Å². The molecule has 0 N–H and O–H groups in total. The third-order valence-electron chi connectivity index (χ3n) is 4.73. The first-order valence-corrected chi connectivity index (χ1v) is 9.44. The van der Waals surface area contributed by atoms with Crippen LogP contribution in [-0.4, -0.2) is 38.8 Å². The van der Waals surface area contributed by atoms with Gasteiger partial charge in [0.2, 0.25) is 0 Å². The SMILES string of the molecule is c1cnc2c(c1)nc(CC1CCCCS1)n2CC1CCOC1. The fourth-order valence-electron chi connectivity index (χ4n) is 3.51. The van der Waals surface area contributed by atoms with Crippen LogP contribution >= 0.6 is 11.8 Å². The summed E-state index contributed by atoms with van der Waals surface area (Å²) in [7, 11) is 0. The van der Waals surface area contributed by atoms with Crippen molar-refractivity contribution in [1.29, 1.82) is 0 Å². The highest BCUT2D eigenvalue weighted by Crippen LogP contribution is 2.29. The van der Waals surface area contributed by atoms with E-state index in [4.69, 9.17) is 9.72 Å². The molecule has 4 heterocycles. The molecule has 22 heavy (non-hydrogen) atoms. The van der Waals surface area contributed by atoms with E-state index in [9.17, 15) is 0 Å². The van der Waals surface area contributed by atoms with Gasteiger partial charge in [0.05, 0.1) is 6.61 Å². The van der Waals surface area contributed by atoms with Gasteiger partial charge in [0, 0.05) is 36.9 Å². The van der Waals surface area contributed by atoms with Gasteiger partial charge >= 0.3 is 0 Å². The van der Waals surface area contributed by atoms with E-state index >= 15 is 0 Å². The molecule has 0 aliphatic carbocycles. The zero-order chi connectivity index (χ0) is 14.8. The average Bonchev–Trinajstić information content (AvgIpc) is 3.18. The molecule has 4 rings (SSSR count). The van der Waals surface area contributed by atoms with Crippen molar-refractivity contribution in [2.24, 2.45) is 5.92 Å². The molecule has 5 heteroatoms. The molecule has 2 saturated heterocycles. The van der Waals surface area contributed by atoms with Crippen LogP contribution in [0.25, 0.3) is 11.2 Å². The molecule has 2 unspecified atom stereocenters. The standard InChI is InChI=1S/C17H23N3OS/c1-2-9-22-14(4-1)10-16-19-15-5-3-7-18-17(15)20(16)11-13-6-8-21-12-13/h3,5,7,13-14H,1-2,4,6,8-12H2. The Hall–Kier alpha value is -1.07. The Labute approximate surface area is 135 Å². The fourth-order valence-corrected chi connectivity index (χ4v) is 4.81. The fraction of sp³-hybridized carbons (Fsp3) is 0.647. The number of aromatic nitrogens is 3.